The van der Waals surface area contributed by atoms with Crippen LogP contribution in [0.15, 0.2) is 77.4 Å². The van der Waals surface area contributed by atoms with E-state index in [2.05, 4.69) is 69.0 Å². The number of hydrogen-bond acceptors (Lipinski definition) is 1. The van der Waals surface area contributed by atoms with Crippen molar-refractivity contribution in [3.63, 3.8) is 0 Å². The van der Waals surface area contributed by atoms with Crippen LogP contribution in [0.1, 0.15) is 77.2 Å². The Kier molecular flexibility index (Phi) is 7.02. The molecule has 1 aromatic carbocycles. The summed E-state index contributed by atoms with van der Waals surface area (Å²) in [6.45, 7) is 9.14. The Morgan fingerprint density at radius 2 is 1.97 bits per heavy atom. The van der Waals surface area contributed by atoms with Crippen molar-refractivity contribution in [2.45, 2.75) is 84.2 Å². The number of benzene rings is 1. The molecule has 3 aliphatic carbocycles. The van der Waals surface area contributed by atoms with Gasteiger partial charge in [0.2, 0.25) is 0 Å². The molecule has 3 unspecified atom stereocenters. The van der Waals surface area contributed by atoms with Gasteiger partial charge in [0, 0.05) is 0 Å². The summed E-state index contributed by atoms with van der Waals surface area (Å²) in [5, 5.41) is 10.1. The van der Waals surface area contributed by atoms with Gasteiger partial charge in [-0.05, 0) is 98.2 Å². The zero-order valence-corrected chi connectivity index (χ0v) is 19.6. The maximum atomic E-state index is 10.1. The molecule has 1 nitrogen and oxygen atoms in total. The quantitative estimate of drug-likeness (QED) is 0.470. The number of fused-ring (bicyclic) bond motifs is 1. The van der Waals surface area contributed by atoms with Crippen LogP contribution in [0.4, 0.5) is 0 Å². The highest BCUT2D eigenvalue weighted by molar-refractivity contribution is 5.39. The highest BCUT2D eigenvalue weighted by Crippen LogP contribution is 2.57. The molecule has 3 aliphatic rings. The minimum Gasteiger partial charge on any atom is -0.388 e. The van der Waals surface area contributed by atoms with Crippen LogP contribution in [0.5, 0.6) is 0 Å². The highest BCUT2D eigenvalue weighted by atomic mass is 16.3. The monoisotopic (exact) mass is 416 g/mol. The predicted octanol–water partition coefficient (Wildman–Crippen LogP) is 7.74. The van der Waals surface area contributed by atoms with Crippen LogP contribution in [0.3, 0.4) is 0 Å². The van der Waals surface area contributed by atoms with Crippen LogP contribution >= 0.6 is 0 Å². The largest absolute Gasteiger partial charge is 0.388 e. The lowest BCUT2D eigenvalue weighted by Gasteiger charge is -2.42. The van der Waals surface area contributed by atoms with Gasteiger partial charge in [-0.25, -0.2) is 0 Å². The van der Waals surface area contributed by atoms with Crippen LogP contribution < -0.4 is 0 Å². The lowest BCUT2D eigenvalue weighted by atomic mass is 9.62. The average Bonchev–Trinajstić information content (AvgIpc) is 3.13. The summed E-state index contributed by atoms with van der Waals surface area (Å²) in [4.78, 5) is 0. The van der Waals surface area contributed by atoms with Gasteiger partial charge < -0.3 is 5.11 Å². The molecule has 4 rings (SSSR count). The topological polar surface area (TPSA) is 20.2 Å². The van der Waals surface area contributed by atoms with Gasteiger partial charge in [0.15, 0.2) is 0 Å². The van der Waals surface area contributed by atoms with Gasteiger partial charge in [0.25, 0.3) is 0 Å². The number of allylic oxidation sites excluding steroid dienone is 5. The maximum Gasteiger partial charge on any atom is 0.0787 e. The van der Waals surface area contributed by atoms with E-state index in [1.807, 2.05) is 0 Å². The molecule has 0 radical (unpaired) electrons. The van der Waals surface area contributed by atoms with Crippen molar-refractivity contribution in [1.29, 1.82) is 0 Å². The van der Waals surface area contributed by atoms with Crippen molar-refractivity contribution in [2.75, 3.05) is 0 Å². The molecule has 1 aromatic rings. The van der Waals surface area contributed by atoms with Gasteiger partial charge in [0.1, 0.15) is 0 Å². The first-order chi connectivity index (χ1) is 15.0. The summed E-state index contributed by atoms with van der Waals surface area (Å²) < 4.78 is 0. The molecule has 0 aromatic heterocycles. The van der Waals surface area contributed by atoms with Crippen molar-refractivity contribution in [1.82, 2.24) is 0 Å². The fourth-order valence-corrected chi connectivity index (χ4v) is 6.46. The second-order valence-electron chi connectivity index (χ2n) is 10.4. The number of hydrogen-bond donors (Lipinski definition) is 1. The van der Waals surface area contributed by atoms with Gasteiger partial charge in [-0.15, -0.1) is 0 Å². The number of aryl methyl sites for hydroxylation is 1. The molecule has 2 fully saturated rings. The Balaban J connectivity index is 1.41. The summed E-state index contributed by atoms with van der Waals surface area (Å²) in [6.07, 6.45) is 18.7. The molecular weight excluding hydrogens is 376 g/mol. The van der Waals surface area contributed by atoms with Crippen molar-refractivity contribution in [2.24, 2.45) is 17.3 Å². The summed E-state index contributed by atoms with van der Waals surface area (Å²) in [6, 6.07) is 10.9. The van der Waals surface area contributed by atoms with Crippen molar-refractivity contribution in [3.8, 4) is 0 Å². The molecule has 1 heteroatoms. The van der Waals surface area contributed by atoms with E-state index in [0.717, 1.165) is 24.8 Å². The zero-order chi connectivity index (χ0) is 21.8. The third-order valence-corrected chi connectivity index (χ3v) is 8.32. The van der Waals surface area contributed by atoms with E-state index in [9.17, 15) is 5.11 Å². The molecule has 4 atom stereocenters. The molecule has 166 valence electrons. The van der Waals surface area contributed by atoms with E-state index in [1.54, 1.807) is 11.1 Å². The molecule has 0 saturated heterocycles. The summed E-state index contributed by atoms with van der Waals surface area (Å²) in [5.74, 6) is 1.33. The van der Waals surface area contributed by atoms with Crippen molar-refractivity contribution in [3.05, 3.63) is 83.0 Å². The first kappa shape index (κ1) is 22.3. The third kappa shape index (κ3) is 4.82. The van der Waals surface area contributed by atoms with Gasteiger partial charge in [-0.3, -0.25) is 0 Å². The third-order valence-electron chi connectivity index (χ3n) is 8.32. The van der Waals surface area contributed by atoms with E-state index in [4.69, 9.17) is 0 Å². The summed E-state index contributed by atoms with van der Waals surface area (Å²) in [5.41, 5.74) is 7.35. The van der Waals surface area contributed by atoms with E-state index in [1.165, 1.54) is 56.1 Å². The number of aliphatic hydroxyl groups excluding tert-OH is 1. The lowest BCUT2D eigenvalue weighted by molar-refractivity contribution is 0.191. The minimum atomic E-state index is -0.341. The van der Waals surface area contributed by atoms with E-state index in [0.29, 0.717) is 17.3 Å². The molecule has 0 aliphatic heterocycles. The van der Waals surface area contributed by atoms with E-state index in [-0.39, 0.29) is 6.10 Å². The zero-order valence-electron chi connectivity index (χ0n) is 19.6. The SMILES string of the molecule is C=C1/C(=C\C=C2/CCCC3(C)C([C@H](C)CCCc4ccccc4)=CCC23)CCCC1O. The first-order valence-corrected chi connectivity index (χ1v) is 12.5. The second-order valence-corrected chi connectivity index (χ2v) is 10.4. The second kappa shape index (κ2) is 9.74. The Labute approximate surface area is 189 Å². The predicted molar refractivity (Wildman–Crippen MR) is 132 cm³/mol. The number of rotatable bonds is 6. The molecule has 0 spiro atoms. The molecule has 2 saturated carbocycles. The standard InChI is InChI=1S/C30H40O/c1-22(10-7-13-24-11-5-4-6-12-24)27-19-20-28-26(15-9-21-30(27,28)3)18-17-25-14-8-16-29(31)23(25)2/h4-6,11-12,17-19,22,28-29,31H,2,7-10,13-16,20-21H2,1,3H3/b25-17-,26-18+/t22-,28?,29?,30?/m1/s1. The van der Waals surface area contributed by atoms with E-state index >= 15 is 0 Å². The van der Waals surface area contributed by atoms with Gasteiger partial charge in [0.05, 0.1) is 6.10 Å². The van der Waals surface area contributed by atoms with Gasteiger partial charge >= 0.3 is 0 Å². The smallest absolute Gasteiger partial charge is 0.0787 e. The normalized spacial score (nSPS) is 32.2. The molecule has 31 heavy (non-hydrogen) atoms. The Morgan fingerprint density at radius 3 is 2.77 bits per heavy atom. The van der Waals surface area contributed by atoms with Crippen LogP contribution in [0.2, 0.25) is 0 Å². The molecule has 0 amide bonds. The Bertz CT molecular complexity index is 871. The highest BCUT2D eigenvalue weighted by Gasteiger charge is 2.45. The summed E-state index contributed by atoms with van der Waals surface area (Å²) >= 11 is 0. The minimum absolute atomic E-state index is 0.331. The van der Waals surface area contributed by atoms with Crippen LogP contribution in [-0.2, 0) is 6.42 Å². The van der Waals surface area contributed by atoms with E-state index < -0.39 is 0 Å². The fraction of sp³-hybridized carbons (Fsp3) is 0.533. The van der Waals surface area contributed by atoms with Crippen molar-refractivity contribution >= 4 is 0 Å². The fourth-order valence-electron chi connectivity index (χ4n) is 6.46. The Morgan fingerprint density at radius 1 is 1.16 bits per heavy atom. The van der Waals surface area contributed by atoms with Crippen LogP contribution in [-0.4, -0.2) is 11.2 Å². The number of aliphatic hydroxyl groups is 1. The first-order valence-electron chi connectivity index (χ1n) is 12.5. The molecule has 0 bridgehead atoms. The average molecular weight is 417 g/mol. The van der Waals surface area contributed by atoms with Gasteiger partial charge in [-0.2, -0.15) is 0 Å². The molecule has 1 N–H and O–H groups in total. The summed E-state index contributed by atoms with van der Waals surface area (Å²) in [7, 11) is 0. The Hall–Kier alpha value is -1.86. The van der Waals surface area contributed by atoms with Crippen molar-refractivity contribution < 1.29 is 5.11 Å². The lowest BCUT2D eigenvalue weighted by Crippen LogP contribution is -2.32. The molecule has 0 heterocycles. The van der Waals surface area contributed by atoms with Crippen LogP contribution in [0.25, 0.3) is 0 Å². The van der Waals surface area contributed by atoms with Crippen LogP contribution in [0, 0.1) is 17.3 Å². The van der Waals surface area contributed by atoms with Gasteiger partial charge in [-0.1, -0.05) is 80.1 Å². The molecular formula is C30H40O. The maximum absolute atomic E-state index is 10.1.